The molecule has 0 bridgehead atoms. The number of likely N-dealkylation sites (N-methyl/N-ethyl adjacent to an activating group) is 1. The van der Waals surface area contributed by atoms with Gasteiger partial charge in [0.05, 0.1) is 17.0 Å². The Balaban J connectivity index is 1.61. The molecule has 2 amide bonds. The van der Waals surface area contributed by atoms with Crippen molar-refractivity contribution >= 4 is 29.3 Å². The molecule has 0 radical (unpaired) electrons. The Morgan fingerprint density at radius 3 is 2.50 bits per heavy atom. The summed E-state index contributed by atoms with van der Waals surface area (Å²) < 4.78 is 0. The van der Waals surface area contributed by atoms with Gasteiger partial charge in [0, 0.05) is 17.9 Å². The molecule has 0 aliphatic carbocycles. The monoisotopic (exact) mass is 397 g/mol. The van der Waals surface area contributed by atoms with E-state index < -0.39 is 5.25 Å². The molecule has 0 saturated carbocycles. The second-order valence-electron chi connectivity index (χ2n) is 6.75. The van der Waals surface area contributed by atoms with Gasteiger partial charge in [0.15, 0.2) is 0 Å². The number of thioether (sulfide) groups is 1. The molecule has 0 fully saturated rings. The number of amides is 2. The molecule has 2 N–H and O–H groups in total. The van der Waals surface area contributed by atoms with Gasteiger partial charge in [-0.05, 0) is 30.8 Å². The van der Waals surface area contributed by atoms with Gasteiger partial charge in [-0.25, -0.2) is 0 Å². The molecule has 2 aromatic carbocycles. The predicted molar refractivity (Wildman–Crippen MR) is 114 cm³/mol. The maximum absolute atomic E-state index is 12.6. The minimum atomic E-state index is -0.404. The van der Waals surface area contributed by atoms with Crippen LogP contribution in [-0.4, -0.2) is 41.6 Å². The van der Waals surface area contributed by atoms with Crippen LogP contribution in [0.3, 0.4) is 0 Å². The van der Waals surface area contributed by atoms with Crippen LogP contribution >= 0.6 is 11.8 Å². The fraction of sp³-hybridized carbons (Fsp3) is 0.364. The van der Waals surface area contributed by atoms with E-state index in [9.17, 15) is 9.59 Å². The standard InChI is InChI=1S/C22H27N3O2S/c1-3-25(4-2)18(16-10-6-5-7-11-16)15-23-21(26)14-20-22(27)24-17-12-8-9-13-19(17)28-20/h5-13,18,20H,3-4,14-15H2,1-2H3,(H,23,26)(H,24,27). The Morgan fingerprint density at radius 2 is 1.79 bits per heavy atom. The Labute approximate surface area is 170 Å². The number of hydrogen-bond acceptors (Lipinski definition) is 4. The molecule has 2 aromatic rings. The first-order valence-corrected chi connectivity index (χ1v) is 10.6. The summed E-state index contributed by atoms with van der Waals surface area (Å²) in [6.07, 6.45) is 0.171. The van der Waals surface area contributed by atoms with E-state index in [-0.39, 0.29) is 24.3 Å². The summed E-state index contributed by atoms with van der Waals surface area (Å²) in [7, 11) is 0. The average Bonchev–Trinajstić information content (AvgIpc) is 2.72. The van der Waals surface area contributed by atoms with Gasteiger partial charge in [0.2, 0.25) is 11.8 Å². The van der Waals surface area contributed by atoms with E-state index >= 15 is 0 Å². The van der Waals surface area contributed by atoms with Gasteiger partial charge in [-0.2, -0.15) is 0 Å². The van der Waals surface area contributed by atoms with Gasteiger partial charge < -0.3 is 10.6 Å². The number of nitrogens with zero attached hydrogens (tertiary/aromatic N) is 1. The zero-order valence-electron chi connectivity index (χ0n) is 16.4. The SMILES string of the molecule is CCN(CC)C(CNC(=O)CC1Sc2ccccc2NC1=O)c1ccccc1. The van der Waals surface area contributed by atoms with Gasteiger partial charge in [0.1, 0.15) is 0 Å². The molecule has 2 atom stereocenters. The minimum absolute atomic E-state index is 0.0971. The zero-order chi connectivity index (χ0) is 19.9. The summed E-state index contributed by atoms with van der Waals surface area (Å²) in [5, 5.41) is 5.54. The van der Waals surface area contributed by atoms with Crippen LogP contribution in [0.5, 0.6) is 0 Å². The number of fused-ring (bicyclic) bond motifs is 1. The third kappa shape index (κ3) is 4.94. The van der Waals surface area contributed by atoms with Gasteiger partial charge >= 0.3 is 0 Å². The number of para-hydroxylation sites is 1. The summed E-state index contributed by atoms with van der Waals surface area (Å²) in [6.45, 7) is 6.59. The van der Waals surface area contributed by atoms with Crippen molar-refractivity contribution in [3.63, 3.8) is 0 Å². The Morgan fingerprint density at radius 1 is 1.11 bits per heavy atom. The molecule has 1 aliphatic heterocycles. The lowest BCUT2D eigenvalue weighted by Gasteiger charge is -2.30. The summed E-state index contributed by atoms with van der Waals surface area (Å²) >= 11 is 1.46. The summed E-state index contributed by atoms with van der Waals surface area (Å²) in [5.74, 6) is -0.206. The summed E-state index contributed by atoms with van der Waals surface area (Å²) in [6, 6.07) is 18.0. The predicted octanol–water partition coefficient (Wildman–Crippen LogP) is 3.69. The van der Waals surface area contributed by atoms with E-state index in [1.54, 1.807) is 0 Å². The van der Waals surface area contributed by atoms with Gasteiger partial charge in [0.25, 0.3) is 0 Å². The molecule has 3 rings (SSSR count). The van der Waals surface area contributed by atoms with Crippen molar-refractivity contribution in [3.8, 4) is 0 Å². The number of carbonyl (C=O) groups excluding carboxylic acids is 2. The lowest BCUT2D eigenvalue weighted by Crippen LogP contribution is -2.40. The number of carbonyl (C=O) groups is 2. The first-order valence-electron chi connectivity index (χ1n) is 9.74. The average molecular weight is 398 g/mol. The first kappa shape index (κ1) is 20.4. The van der Waals surface area contributed by atoms with Crippen LogP contribution in [-0.2, 0) is 9.59 Å². The fourth-order valence-electron chi connectivity index (χ4n) is 3.48. The van der Waals surface area contributed by atoms with E-state index in [1.165, 1.54) is 17.3 Å². The summed E-state index contributed by atoms with van der Waals surface area (Å²) in [5.41, 5.74) is 2.00. The van der Waals surface area contributed by atoms with E-state index in [1.807, 2.05) is 42.5 Å². The maximum atomic E-state index is 12.6. The minimum Gasteiger partial charge on any atom is -0.354 e. The quantitative estimate of drug-likeness (QED) is 0.713. The van der Waals surface area contributed by atoms with Crippen LogP contribution < -0.4 is 10.6 Å². The highest BCUT2D eigenvalue weighted by Crippen LogP contribution is 2.36. The fourth-order valence-corrected chi connectivity index (χ4v) is 4.59. The van der Waals surface area contributed by atoms with Gasteiger partial charge in [-0.15, -0.1) is 11.8 Å². The van der Waals surface area contributed by atoms with E-state index in [0.29, 0.717) is 6.54 Å². The van der Waals surface area contributed by atoms with E-state index in [2.05, 4.69) is 41.5 Å². The first-order chi connectivity index (χ1) is 13.6. The lowest BCUT2D eigenvalue weighted by atomic mass is 10.0. The normalized spacial score (nSPS) is 17.0. The zero-order valence-corrected chi connectivity index (χ0v) is 17.2. The second kappa shape index (κ2) is 9.75. The Hall–Kier alpha value is -2.31. The third-order valence-corrected chi connectivity index (χ3v) is 6.28. The number of benzene rings is 2. The van der Waals surface area contributed by atoms with E-state index in [0.717, 1.165) is 23.7 Å². The van der Waals surface area contributed by atoms with Crippen molar-refractivity contribution < 1.29 is 9.59 Å². The number of anilines is 1. The van der Waals surface area contributed by atoms with Crippen molar-refractivity contribution in [1.29, 1.82) is 0 Å². The third-order valence-electron chi connectivity index (χ3n) is 5.01. The second-order valence-corrected chi connectivity index (χ2v) is 7.99. The van der Waals surface area contributed by atoms with E-state index in [4.69, 9.17) is 0 Å². The van der Waals surface area contributed by atoms with Crippen molar-refractivity contribution in [1.82, 2.24) is 10.2 Å². The molecule has 0 saturated heterocycles. The van der Waals surface area contributed by atoms with Crippen LogP contribution in [0.2, 0.25) is 0 Å². The molecule has 6 heteroatoms. The number of rotatable bonds is 8. The summed E-state index contributed by atoms with van der Waals surface area (Å²) in [4.78, 5) is 28.2. The molecular formula is C22H27N3O2S. The molecule has 2 unspecified atom stereocenters. The highest BCUT2D eigenvalue weighted by atomic mass is 32.2. The molecule has 0 aromatic heterocycles. The van der Waals surface area contributed by atoms with Crippen LogP contribution in [0.4, 0.5) is 5.69 Å². The van der Waals surface area contributed by atoms with Crippen LogP contribution in [0, 0.1) is 0 Å². The molecule has 148 valence electrons. The number of hydrogen-bond donors (Lipinski definition) is 2. The van der Waals surface area contributed by atoms with Crippen molar-refractivity contribution in [3.05, 3.63) is 60.2 Å². The molecular weight excluding hydrogens is 370 g/mol. The Kier molecular flexibility index (Phi) is 7.12. The Bertz CT molecular complexity index is 808. The van der Waals surface area contributed by atoms with Crippen molar-refractivity contribution in [2.24, 2.45) is 0 Å². The van der Waals surface area contributed by atoms with Crippen LogP contribution in [0.25, 0.3) is 0 Å². The molecule has 1 heterocycles. The van der Waals surface area contributed by atoms with Gasteiger partial charge in [-0.1, -0.05) is 56.3 Å². The van der Waals surface area contributed by atoms with Crippen molar-refractivity contribution in [2.45, 2.75) is 36.5 Å². The highest BCUT2D eigenvalue weighted by Gasteiger charge is 2.29. The topological polar surface area (TPSA) is 61.4 Å². The smallest absolute Gasteiger partial charge is 0.238 e. The largest absolute Gasteiger partial charge is 0.354 e. The maximum Gasteiger partial charge on any atom is 0.238 e. The lowest BCUT2D eigenvalue weighted by molar-refractivity contribution is -0.124. The van der Waals surface area contributed by atoms with Crippen LogP contribution in [0.15, 0.2) is 59.5 Å². The van der Waals surface area contributed by atoms with Crippen molar-refractivity contribution in [2.75, 3.05) is 25.0 Å². The molecule has 1 aliphatic rings. The number of nitrogens with one attached hydrogen (secondary N) is 2. The molecule has 28 heavy (non-hydrogen) atoms. The van der Waals surface area contributed by atoms with Gasteiger partial charge in [-0.3, -0.25) is 14.5 Å². The highest BCUT2D eigenvalue weighted by molar-refractivity contribution is 8.01. The molecule has 5 nitrogen and oxygen atoms in total. The molecule has 0 spiro atoms. The van der Waals surface area contributed by atoms with Crippen LogP contribution in [0.1, 0.15) is 31.9 Å².